The zero-order valence-electron chi connectivity index (χ0n) is 14.7. The summed E-state index contributed by atoms with van der Waals surface area (Å²) in [5.41, 5.74) is 0.960. The van der Waals surface area contributed by atoms with E-state index in [1.54, 1.807) is 12.1 Å². The van der Waals surface area contributed by atoms with Crippen LogP contribution in [0.15, 0.2) is 24.3 Å². The number of carbonyl (C=O) groups is 2. The molecule has 1 aromatic carbocycles. The lowest BCUT2D eigenvalue weighted by molar-refractivity contribution is -0.137. The van der Waals surface area contributed by atoms with Gasteiger partial charge in [0.2, 0.25) is 11.8 Å². The fourth-order valence-corrected chi connectivity index (χ4v) is 3.03. The van der Waals surface area contributed by atoms with Gasteiger partial charge in [-0.3, -0.25) is 9.59 Å². The summed E-state index contributed by atoms with van der Waals surface area (Å²) in [5, 5.41) is 15.8. The maximum absolute atomic E-state index is 12.1. The van der Waals surface area contributed by atoms with Gasteiger partial charge in [-0.05, 0) is 30.5 Å². The van der Waals surface area contributed by atoms with E-state index in [0.29, 0.717) is 24.4 Å². The van der Waals surface area contributed by atoms with Crippen LogP contribution in [0, 0.1) is 0 Å². The lowest BCUT2D eigenvalue weighted by Gasteiger charge is -2.35. The van der Waals surface area contributed by atoms with E-state index < -0.39 is 6.10 Å². The first-order valence-electron chi connectivity index (χ1n) is 8.57. The smallest absolute Gasteiger partial charge is 0.246 e. The molecule has 0 spiro atoms. The highest BCUT2D eigenvalue weighted by Gasteiger charge is 2.32. The Morgan fingerprint density at radius 2 is 2.00 bits per heavy atom. The number of amides is 2. The number of ether oxygens (including phenoxy) is 2. The molecular formula is C18H25ClN2O5. The van der Waals surface area contributed by atoms with Crippen LogP contribution in [0.1, 0.15) is 24.8 Å². The van der Waals surface area contributed by atoms with Crippen molar-refractivity contribution in [2.45, 2.75) is 44.1 Å². The van der Waals surface area contributed by atoms with Crippen molar-refractivity contribution in [3.63, 3.8) is 0 Å². The molecule has 144 valence electrons. The van der Waals surface area contributed by atoms with Gasteiger partial charge in [-0.25, -0.2) is 0 Å². The summed E-state index contributed by atoms with van der Waals surface area (Å²) in [4.78, 5) is 23.8. The predicted octanol–water partition coefficient (Wildman–Crippen LogP) is 1.02. The number of nitrogens with one attached hydrogen (secondary N) is 2. The third-order valence-corrected chi connectivity index (χ3v) is 4.49. The van der Waals surface area contributed by atoms with E-state index >= 15 is 0 Å². The van der Waals surface area contributed by atoms with E-state index in [4.69, 9.17) is 21.1 Å². The fourth-order valence-electron chi connectivity index (χ4n) is 2.91. The molecule has 1 aliphatic rings. The van der Waals surface area contributed by atoms with E-state index in [0.717, 1.165) is 5.56 Å². The van der Waals surface area contributed by atoms with Crippen molar-refractivity contribution in [3.8, 4) is 0 Å². The summed E-state index contributed by atoms with van der Waals surface area (Å²) in [6.45, 7) is 0.161. The van der Waals surface area contributed by atoms with E-state index in [1.165, 1.54) is 7.11 Å². The lowest BCUT2D eigenvalue weighted by atomic mass is 9.97. The molecule has 7 nitrogen and oxygen atoms in total. The molecule has 1 saturated heterocycles. The van der Waals surface area contributed by atoms with Crippen molar-refractivity contribution in [3.05, 3.63) is 34.9 Å². The number of benzene rings is 1. The Kier molecular flexibility index (Phi) is 8.31. The summed E-state index contributed by atoms with van der Waals surface area (Å²) in [5.74, 6) is -0.373. The standard InChI is InChI=1S/C18H25ClN2O5/c1-25-11-18(24)21-15-7-6-14(26-16(15)10-22)8-17(23)20-9-12-2-4-13(19)5-3-12/h2-5,14-16,22H,6-11H2,1H3,(H,20,23)(H,21,24)/t14-,15-,16+/m1/s1. The summed E-state index contributed by atoms with van der Waals surface area (Å²) in [7, 11) is 1.44. The first-order chi connectivity index (χ1) is 12.5. The largest absolute Gasteiger partial charge is 0.394 e. The quantitative estimate of drug-likeness (QED) is 0.621. The Labute approximate surface area is 158 Å². The normalized spacial score (nSPS) is 22.7. The molecule has 1 heterocycles. The molecule has 1 aromatic rings. The van der Waals surface area contributed by atoms with E-state index in [-0.39, 0.29) is 43.6 Å². The van der Waals surface area contributed by atoms with Gasteiger partial charge in [0.1, 0.15) is 12.7 Å². The van der Waals surface area contributed by atoms with Gasteiger partial charge < -0.3 is 25.2 Å². The topological polar surface area (TPSA) is 96.9 Å². The van der Waals surface area contributed by atoms with Crippen LogP contribution in [0.4, 0.5) is 0 Å². The Hall–Kier alpha value is -1.67. The van der Waals surface area contributed by atoms with Crippen LogP contribution in [0.2, 0.25) is 5.02 Å². The molecule has 2 amide bonds. The second-order valence-electron chi connectivity index (χ2n) is 6.27. The van der Waals surface area contributed by atoms with Crippen LogP contribution in [0.25, 0.3) is 0 Å². The third kappa shape index (κ3) is 6.57. The molecule has 0 saturated carbocycles. The van der Waals surface area contributed by atoms with E-state index in [9.17, 15) is 14.7 Å². The van der Waals surface area contributed by atoms with Gasteiger partial charge in [0, 0.05) is 18.7 Å². The number of halogens is 1. The van der Waals surface area contributed by atoms with Crippen molar-refractivity contribution in [2.24, 2.45) is 0 Å². The maximum atomic E-state index is 12.1. The zero-order valence-corrected chi connectivity index (χ0v) is 15.5. The van der Waals surface area contributed by atoms with Gasteiger partial charge in [0.25, 0.3) is 0 Å². The Morgan fingerprint density at radius 3 is 2.65 bits per heavy atom. The van der Waals surface area contributed by atoms with Crippen LogP contribution in [0.3, 0.4) is 0 Å². The van der Waals surface area contributed by atoms with E-state index in [2.05, 4.69) is 10.6 Å². The van der Waals surface area contributed by atoms with Crippen molar-refractivity contribution in [2.75, 3.05) is 20.3 Å². The van der Waals surface area contributed by atoms with Gasteiger partial charge in [-0.2, -0.15) is 0 Å². The van der Waals surface area contributed by atoms with Gasteiger partial charge in [0.15, 0.2) is 0 Å². The van der Waals surface area contributed by atoms with E-state index in [1.807, 2.05) is 12.1 Å². The Balaban J connectivity index is 1.76. The molecular weight excluding hydrogens is 360 g/mol. The maximum Gasteiger partial charge on any atom is 0.246 e. The molecule has 3 atom stereocenters. The first kappa shape index (κ1) is 20.6. The number of hydrogen-bond donors (Lipinski definition) is 3. The summed E-state index contributed by atoms with van der Waals surface area (Å²) in [6, 6.07) is 6.98. The van der Waals surface area contributed by atoms with Crippen molar-refractivity contribution in [1.82, 2.24) is 10.6 Å². The minimum Gasteiger partial charge on any atom is -0.394 e. The molecule has 0 aliphatic carbocycles. The highest BCUT2D eigenvalue weighted by molar-refractivity contribution is 6.30. The minimum absolute atomic E-state index is 0.0365. The molecule has 1 aliphatic heterocycles. The number of aliphatic hydroxyl groups is 1. The number of carbonyl (C=O) groups excluding carboxylic acids is 2. The lowest BCUT2D eigenvalue weighted by Crippen LogP contribution is -2.52. The zero-order chi connectivity index (χ0) is 18.9. The average molecular weight is 385 g/mol. The summed E-state index contributed by atoms with van der Waals surface area (Å²) in [6.07, 6.45) is 0.660. The predicted molar refractivity (Wildman–Crippen MR) is 96.7 cm³/mol. The summed E-state index contributed by atoms with van der Waals surface area (Å²) >= 11 is 5.83. The van der Waals surface area contributed by atoms with Gasteiger partial charge >= 0.3 is 0 Å². The molecule has 0 aromatic heterocycles. The van der Waals surface area contributed by atoms with Crippen molar-refractivity contribution >= 4 is 23.4 Å². The number of rotatable bonds is 8. The fraction of sp³-hybridized carbons (Fsp3) is 0.556. The van der Waals surface area contributed by atoms with Crippen LogP contribution < -0.4 is 10.6 Å². The molecule has 0 bridgehead atoms. The molecule has 26 heavy (non-hydrogen) atoms. The molecule has 3 N–H and O–H groups in total. The molecule has 0 radical (unpaired) electrons. The monoisotopic (exact) mass is 384 g/mol. The van der Waals surface area contributed by atoms with Gasteiger partial charge in [-0.1, -0.05) is 23.7 Å². The second-order valence-corrected chi connectivity index (χ2v) is 6.71. The minimum atomic E-state index is -0.529. The molecule has 2 rings (SSSR count). The number of methoxy groups -OCH3 is 1. The second kappa shape index (κ2) is 10.5. The van der Waals surface area contributed by atoms with Gasteiger partial charge in [0.05, 0.1) is 25.2 Å². The summed E-state index contributed by atoms with van der Waals surface area (Å²) < 4.78 is 10.6. The van der Waals surface area contributed by atoms with Crippen molar-refractivity contribution < 1.29 is 24.2 Å². The highest BCUT2D eigenvalue weighted by atomic mass is 35.5. The first-order valence-corrected chi connectivity index (χ1v) is 8.95. The third-order valence-electron chi connectivity index (χ3n) is 4.23. The van der Waals surface area contributed by atoms with Gasteiger partial charge in [-0.15, -0.1) is 0 Å². The van der Waals surface area contributed by atoms with Crippen LogP contribution in [-0.2, 0) is 25.6 Å². The van der Waals surface area contributed by atoms with Crippen LogP contribution in [0.5, 0.6) is 0 Å². The van der Waals surface area contributed by atoms with Crippen LogP contribution >= 0.6 is 11.6 Å². The Bertz CT molecular complexity index is 596. The molecule has 0 unspecified atom stereocenters. The van der Waals surface area contributed by atoms with Crippen molar-refractivity contribution in [1.29, 1.82) is 0 Å². The Morgan fingerprint density at radius 1 is 1.27 bits per heavy atom. The molecule has 1 fully saturated rings. The number of aliphatic hydroxyl groups excluding tert-OH is 1. The number of hydrogen-bond acceptors (Lipinski definition) is 5. The SMILES string of the molecule is COCC(=O)N[C@@H]1CC[C@H](CC(=O)NCc2ccc(Cl)cc2)O[C@H]1CO. The van der Waals surface area contributed by atoms with Crippen LogP contribution in [-0.4, -0.2) is 55.5 Å². The molecule has 8 heteroatoms. The average Bonchev–Trinajstić information content (AvgIpc) is 2.62. The highest BCUT2D eigenvalue weighted by Crippen LogP contribution is 2.22.